The molecule has 8 nitrogen and oxygen atoms in total. The molecule has 1 amide bonds. The lowest BCUT2D eigenvalue weighted by Crippen LogP contribution is -2.47. The van der Waals surface area contributed by atoms with Crippen LogP contribution in [0.25, 0.3) is 0 Å². The summed E-state index contributed by atoms with van der Waals surface area (Å²) in [6, 6.07) is 4.23. The molecule has 0 spiro atoms. The minimum Gasteiger partial charge on any atom is -0.504 e. The fourth-order valence-corrected chi connectivity index (χ4v) is 5.02. The van der Waals surface area contributed by atoms with Crippen LogP contribution in [0.3, 0.4) is 0 Å². The number of rotatable bonds is 12. The highest BCUT2D eigenvalue weighted by molar-refractivity contribution is 5.70. The Morgan fingerprint density at radius 1 is 1.19 bits per heavy atom. The molecule has 0 aliphatic carbocycles. The zero-order valence-corrected chi connectivity index (χ0v) is 23.8. The summed E-state index contributed by atoms with van der Waals surface area (Å²) in [6.07, 6.45) is 1.00. The first kappa shape index (κ1) is 30.9. The van der Waals surface area contributed by atoms with Crippen molar-refractivity contribution in [2.24, 2.45) is 23.7 Å². The third kappa shape index (κ3) is 8.34. The molecule has 2 rings (SSSR count). The van der Waals surface area contributed by atoms with Gasteiger partial charge in [-0.3, -0.25) is 4.90 Å². The molecule has 5 atom stereocenters. The number of hydrogen-bond donors (Lipinski definition) is 2. The predicted octanol–water partition coefficient (Wildman–Crippen LogP) is 5.35. The van der Waals surface area contributed by atoms with Gasteiger partial charge in [0.25, 0.3) is 0 Å². The van der Waals surface area contributed by atoms with Crippen LogP contribution in [0.5, 0.6) is 11.5 Å². The number of aliphatic hydroxyl groups is 1. The topological polar surface area (TPSA) is 106 Å². The average molecular weight is 522 g/mol. The molecule has 0 aromatic heterocycles. The number of likely N-dealkylation sites (tertiary alicyclic amines) is 1. The molecule has 1 aromatic rings. The molecule has 2 N–H and O–H groups in total. The number of benzene rings is 1. The lowest BCUT2D eigenvalue weighted by atomic mass is 9.83. The molecule has 1 heterocycles. The van der Waals surface area contributed by atoms with Crippen LogP contribution in [0.15, 0.2) is 18.2 Å². The first-order chi connectivity index (χ1) is 17.3. The van der Waals surface area contributed by atoms with Crippen molar-refractivity contribution >= 4 is 12.4 Å². The van der Waals surface area contributed by atoms with Crippen LogP contribution >= 0.6 is 0 Å². The van der Waals surface area contributed by atoms with Crippen LogP contribution in [0.1, 0.15) is 79.3 Å². The van der Waals surface area contributed by atoms with E-state index in [0.717, 1.165) is 11.8 Å². The Bertz CT molecular complexity index is 879. The zero-order valence-electron chi connectivity index (χ0n) is 23.8. The zero-order chi connectivity index (χ0) is 27.9. The summed E-state index contributed by atoms with van der Waals surface area (Å²) < 4.78 is 16.7. The van der Waals surface area contributed by atoms with Crippen molar-refractivity contribution in [1.29, 1.82) is 0 Å². The second-order valence-corrected chi connectivity index (χ2v) is 11.8. The smallest absolute Gasteiger partial charge is 0.411 e. The number of hydrogen-bond acceptors (Lipinski definition) is 7. The van der Waals surface area contributed by atoms with Gasteiger partial charge >= 0.3 is 6.09 Å². The number of aldehydes is 1. The summed E-state index contributed by atoms with van der Waals surface area (Å²) in [7, 11) is 1.62. The largest absolute Gasteiger partial charge is 0.504 e. The quantitative estimate of drug-likeness (QED) is 0.282. The fraction of sp³-hybridized carbons (Fsp3) is 0.724. The summed E-state index contributed by atoms with van der Waals surface area (Å²) in [5, 5.41) is 21.8. The molecular weight excluding hydrogens is 474 g/mol. The molecule has 1 aromatic carbocycles. The number of amides is 1. The molecule has 1 fully saturated rings. The van der Waals surface area contributed by atoms with E-state index in [2.05, 4.69) is 13.8 Å². The Morgan fingerprint density at radius 3 is 2.41 bits per heavy atom. The van der Waals surface area contributed by atoms with Crippen LogP contribution in [0, 0.1) is 23.7 Å². The van der Waals surface area contributed by atoms with Crippen molar-refractivity contribution in [3.05, 3.63) is 23.8 Å². The van der Waals surface area contributed by atoms with Gasteiger partial charge in [-0.05, 0) is 69.1 Å². The van der Waals surface area contributed by atoms with Crippen LogP contribution in [0.4, 0.5) is 4.79 Å². The molecule has 0 saturated carbocycles. The first-order valence-corrected chi connectivity index (χ1v) is 13.4. The second-order valence-electron chi connectivity index (χ2n) is 11.8. The number of aromatic hydroxyl groups is 1. The molecule has 8 heteroatoms. The second kappa shape index (κ2) is 13.5. The van der Waals surface area contributed by atoms with Gasteiger partial charge in [0.2, 0.25) is 0 Å². The lowest BCUT2D eigenvalue weighted by Gasteiger charge is -2.36. The Hall–Kier alpha value is -2.32. The van der Waals surface area contributed by atoms with E-state index in [1.807, 2.05) is 34.6 Å². The summed E-state index contributed by atoms with van der Waals surface area (Å²) in [5.41, 5.74) is 0.0792. The van der Waals surface area contributed by atoms with Crippen molar-refractivity contribution in [2.45, 2.75) is 91.5 Å². The monoisotopic (exact) mass is 521 g/mol. The molecule has 1 aliphatic heterocycles. The summed E-state index contributed by atoms with van der Waals surface area (Å²) in [6.45, 7) is 14.5. The average Bonchev–Trinajstić information content (AvgIpc) is 3.21. The van der Waals surface area contributed by atoms with Crippen molar-refractivity contribution in [1.82, 2.24) is 4.90 Å². The van der Waals surface area contributed by atoms with Crippen molar-refractivity contribution < 1.29 is 34.0 Å². The number of ether oxygens (including phenoxy) is 3. The SMILES string of the molecule is COCCCOc1cc([C@H]2[C@H](C(C)C)C[C@@H]([C@@H](O)C[C@H](C=O)C(C)C)N2C(=O)OC(C)(C)C)ccc1O. The molecule has 210 valence electrons. The van der Waals surface area contributed by atoms with E-state index in [1.54, 1.807) is 30.2 Å². The van der Waals surface area contributed by atoms with Crippen molar-refractivity contribution in [3.8, 4) is 11.5 Å². The maximum Gasteiger partial charge on any atom is 0.411 e. The van der Waals surface area contributed by atoms with E-state index in [0.29, 0.717) is 31.8 Å². The molecule has 0 unspecified atom stereocenters. The Kier molecular flexibility index (Phi) is 11.2. The highest BCUT2D eigenvalue weighted by atomic mass is 16.6. The Morgan fingerprint density at radius 2 is 1.86 bits per heavy atom. The highest BCUT2D eigenvalue weighted by Crippen LogP contribution is 2.48. The molecule has 0 bridgehead atoms. The third-order valence-corrected chi connectivity index (χ3v) is 7.10. The summed E-state index contributed by atoms with van der Waals surface area (Å²) in [4.78, 5) is 27.0. The number of nitrogens with zero attached hydrogens (tertiary/aromatic N) is 1. The van der Waals surface area contributed by atoms with Crippen LogP contribution in [-0.2, 0) is 14.3 Å². The Labute approximate surface area is 222 Å². The number of carbonyl (C=O) groups excluding carboxylic acids is 2. The number of phenolic OH excluding ortho intramolecular Hbond substituents is 1. The van der Waals surface area contributed by atoms with Gasteiger partial charge in [0, 0.05) is 26.1 Å². The van der Waals surface area contributed by atoms with Crippen LogP contribution in [0.2, 0.25) is 0 Å². The molecule has 1 saturated heterocycles. The number of carbonyl (C=O) groups is 2. The summed E-state index contributed by atoms with van der Waals surface area (Å²) >= 11 is 0. The fourth-order valence-electron chi connectivity index (χ4n) is 5.02. The van der Waals surface area contributed by atoms with Gasteiger partial charge in [0.05, 0.1) is 24.8 Å². The van der Waals surface area contributed by atoms with Crippen molar-refractivity contribution in [2.75, 3.05) is 20.3 Å². The van der Waals surface area contributed by atoms with Gasteiger partial charge in [-0.15, -0.1) is 0 Å². The van der Waals surface area contributed by atoms with Crippen molar-refractivity contribution in [3.63, 3.8) is 0 Å². The van der Waals surface area contributed by atoms with Gasteiger partial charge in [-0.25, -0.2) is 4.79 Å². The predicted molar refractivity (Wildman–Crippen MR) is 143 cm³/mol. The molecule has 37 heavy (non-hydrogen) atoms. The highest BCUT2D eigenvalue weighted by Gasteiger charge is 2.50. The van der Waals surface area contributed by atoms with Gasteiger partial charge < -0.3 is 29.2 Å². The molecule has 1 aliphatic rings. The minimum absolute atomic E-state index is 0.0198. The van der Waals surface area contributed by atoms with Crippen LogP contribution < -0.4 is 4.74 Å². The third-order valence-electron chi connectivity index (χ3n) is 7.10. The van der Waals surface area contributed by atoms with E-state index in [9.17, 15) is 19.8 Å². The maximum atomic E-state index is 13.6. The van der Waals surface area contributed by atoms with Crippen LogP contribution in [-0.4, -0.2) is 65.6 Å². The summed E-state index contributed by atoms with van der Waals surface area (Å²) in [5.74, 6) is 0.338. The van der Waals surface area contributed by atoms with E-state index in [-0.39, 0.29) is 35.8 Å². The van der Waals surface area contributed by atoms with Gasteiger partial charge in [-0.1, -0.05) is 33.8 Å². The standard InChI is InChI=1S/C29H47NO7/c1-18(2)21(17-31)14-25(33)23-16-22(19(3)4)27(30(23)28(34)37-29(5,6)7)20-10-11-24(32)26(15-20)36-13-9-12-35-8/h10-11,15,17-19,21-23,25,27,32-33H,9,12-14,16H2,1-8H3/t21-,22+,23+,25+,27+/m1/s1. The Balaban J connectivity index is 2.50. The molecule has 0 radical (unpaired) electrons. The van der Waals surface area contributed by atoms with E-state index in [1.165, 1.54) is 0 Å². The lowest BCUT2D eigenvalue weighted by molar-refractivity contribution is -0.113. The first-order valence-electron chi connectivity index (χ1n) is 13.4. The number of aliphatic hydroxyl groups excluding tert-OH is 1. The van der Waals surface area contributed by atoms with Gasteiger partial charge in [-0.2, -0.15) is 0 Å². The normalized spacial score (nSPS) is 21.8. The number of methoxy groups -OCH3 is 1. The molecular formula is C29H47NO7. The van der Waals surface area contributed by atoms with E-state index in [4.69, 9.17) is 14.2 Å². The maximum absolute atomic E-state index is 13.6. The van der Waals surface area contributed by atoms with Gasteiger partial charge in [0.1, 0.15) is 11.9 Å². The van der Waals surface area contributed by atoms with E-state index >= 15 is 0 Å². The van der Waals surface area contributed by atoms with Gasteiger partial charge in [0.15, 0.2) is 11.5 Å². The number of phenols is 1. The van der Waals surface area contributed by atoms with E-state index < -0.39 is 29.9 Å². The minimum atomic E-state index is -0.891.